The van der Waals surface area contributed by atoms with Crippen LogP contribution in [0.5, 0.6) is 11.5 Å². The van der Waals surface area contributed by atoms with Crippen molar-refractivity contribution in [1.82, 2.24) is 5.32 Å². The fourth-order valence-electron chi connectivity index (χ4n) is 2.42. The highest BCUT2D eigenvalue weighted by atomic mass is 19.3. The number of amides is 1. The molecule has 0 saturated carbocycles. The predicted molar refractivity (Wildman–Crippen MR) is 90.8 cm³/mol. The minimum atomic E-state index is -2.92. The van der Waals surface area contributed by atoms with Gasteiger partial charge in [-0.2, -0.15) is 8.78 Å². The highest BCUT2D eigenvalue weighted by Gasteiger charge is 2.22. The fraction of sp³-hybridized carbons (Fsp3) is 0.316. The van der Waals surface area contributed by atoms with E-state index in [1.807, 2.05) is 25.1 Å². The minimum absolute atomic E-state index is 0.0567. The van der Waals surface area contributed by atoms with Gasteiger partial charge >= 0.3 is 6.61 Å². The molecule has 2 aromatic carbocycles. The third-order valence-electron chi connectivity index (χ3n) is 3.66. The van der Waals surface area contributed by atoms with Gasteiger partial charge in [0.1, 0.15) is 11.5 Å². The lowest BCUT2D eigenvalue weighted by molar-refractivity contribution is -0.128. The summed E-state index contributed by atoms with van der Waals surface area (Å²) in [5.74, 6) is 0.309. The van der Waals surface area contributed by atoms with Gasteiger partial charge in [-0.05, 0) is 31.5 Å². The van der Waals surface area contributed by atoms with Crippen LogP contribution in [-0.2, 0) is 4.79 Å². The Balaban J connectivity index is 2.07. The number of nitrogens with one attached hydrogen (secondary N) is 1. The standard InChI is InChI=1S/C19H21F2NO3/c1-3-16(15-11-7-8-12-17(15)25-19(20)21)22-18(23)13(2)24-14-9-5-4-6-10-14/h4-13,16,19H,3H2,1-2H3,(H,22,23)/t13-,16-/m0/s1. The summed E-state index contributed by atoms with van der Waals surface area (Å²) in [5, 5.41) is 2.83. The summed E-state index contributed by atoms with van der Waals surface area (Å²) in [7, 11) is 0. The molecule has 0 bridgehead atoms. The first-order valence-corrected chi connectivity index (χ1v) is 8.07. The predicted octanol–water partition coefficient (Wildman–Crippen LogP) is 4.32. The molecule has 0 unspecified atom stereocenters. The normalized spacial score (nSPS) is 13.2. The molecule has 4 nitrogen and oxygen atoms in total. The fourth-order valence-corrected chi connectivity index (χ4v) is 2.42. The SMILES string of the molecule is CC[C@H](NC(=O)[C@H](C)Oc1ccccc1)c1ccccc1OC(F)F. The van der Waals surface area contributed by atoms with Crippen molar-refractivity contribution in [2.75, 3.05) is 0 Å². The van der Waals surface area contributed by atoms with Crippen LogP contribution in [0.3, 0.4) is 0 Å². The van der Waals surface area contributed by atoms with Gasteiger partial charge in [0.25, 0.3) is 5.91 Å². The van der Waals surface area contributed by atoms with Crippen molar-refractivity contribution < 1.29 is 23.0 Å². The zero-order valence-electron chi connectivity index (χ0n) is 14.1. The molecule has 2 aromatic rings. The first-order valence-electron chi connectivity index (χ1n) is 8.07. The van der Waals surface area contributed by atoms with Crippen LogP contribution in [0.1, 0.15) is 31.9 Å². The molecule has 0 spiro atoms. The molecule has 2 atom stereocenters. The van der Waals surface area contributed by atoms with Crippen molar-refractivity contribution in [2.45, 2.75) is 39.0 Å². The van der Waals surface area contributed by atoms with Crippen molar-refractivity contribution in [2.24, 2.45) is 0 Å². The monoisotopic (exact) mass is 349 g/mol. The lowest BCUT2D eigenvalue weighted by atomic mass is 10.0. The summed E-state index contributed by atoms with van der Waals surface area (Å²) in [6.07, 6.45) is -0.201. The van der Waals surface area contributed by atoms with Crippen molar-refractivity contribution in [3.8, 4) is 11.5 Å². The Morgan fingerprint density at radius 3 is 2.32 bits per heavy atom. The molecule has 0 fully saturated rings. The number of carbonyl (C=O) groups is 1. The van der Waals surface area contributed by atoms with Gasteiger partial charge in [-0.15, -0.1) is 0 Å². The van der Waals surface area contributed by atoms with Gasteiger partial charge in [-0.3, -0.25) is 4.79 Å². The Kier molecular flexibility index (Phi) is 6.74. The minimum Gasteiger partial charge on any atom is -0.481 e. The summed E-state index contributed by atoms with van der Waals surface area (Å²) in [6.45, 7) is 0.568. The molecule has 25 heavy (non-hydrogen) atoms. The van der Waals surface area contributed by atoms with Gasteiger partial charge in [0, 0.05) is 5.56 Å². The smallest absolute Gasteiger partial charge is 0.387 e. The number of ether oxygens (including phenoxy) is 2. The first-order chi connectivity index (χ1) is 12.0. The van der Waals surface area contributed by atoms with E-state index in [2.05, 4.69) is 10.1 Å². The highest BCUT2D eigenvalue weighted by Crippen LogP contribution is 2.28. The van der Waals surface area contributed by atoms with Crippen molar-refractivity contribution in [3.05, 3.63) is 60.2 Å². The molecule has 6 heteroatoms. The molecule has 1 N–H and O–H groups in total. The van der Waals surface area contributed by atoms with Gasteiger partial charge < -0.3 is 14.8 Å². The van der Waals surface area contributed by atoms with Crippen LogP contribution in [0.2, 0.25) is 0 Å². The lowest BCUT2D eigenvalue weighted by Crippen LogP contribution is -2.38. The molecule has 0 aliphatic carbocycles. The molecule has 0 aliphatic heterocycles. The summed E-state index contributed by atoms with van der Waals surface area (Å²) in [5.41, 5.74) is 0.505. The molecule has 2 rings (SSSR count). The van der Waals surface area contributed by atoms with E-state index in [0.29, 0.717) is 17.7 Å². The zero-order chi connectivity index (χ0) is 18.2. The third-order valence-corrected chi connectivity index (χ3v) is 3.66. The van der Waals surface area contributed by atoms with E-state index in [9.17, 15) is 13.6 Å². The molecule has 1 amide bonds. The number of rotatable bonds is 8. The molecule has 0 aliphatic rings. The molecule has 0 heterocycles. The Bertz CT molecular complexity index is 679. The summed E-state index contributed by atoms with van der Waals surface area (Å²) in [4.78, 5) is 12.4. The molecular formula is C19H21F2NO3. The second kappa shape index (κ2) is 9.01. The van der Waals surface area contributed by atoms with Gasteiger partial charge in [0.05, 0.1) is 6.04 Å². The highest BCUT2D eigenvalue weighted by molar-refractivity contribution is 5.81. The van der Waals surface area contributed by atoms with Gasteiger partial charge in [0.15, 0.2) is 6.10 Å². The molecular weight excluding hydrogens is 328 g/mol. The van der Waals surface area contributed by atoms with Crippen LogP contribution in [0, 0.1) is 0 Å². The summed E-state index contributed by atoms with van der Waals surface area (Å²) in [6, 6.07) is 15.0. The Morgan fingerprint density at radius 2 is 1.68 bits per heavy atom. The maximum Gasteiger partial charge on any atom is 0.387 e. The molecule has 134 valence electrons. The average Bonchev–Trinajstić information content (AvgIpc) is 2.60. The third kappa shape index (κ3) is 5.45. The van der Waals surface area contributed by atoms with E-state index in [1.165, 1.54) is 6.07 Å². The van der Waals surface area contributed by atoms with Crippen LogP contribution in [-0.4, -0.2) is 18.6 Å². The van der Waals surface area contributed by atoms with E-state index in [-0.39, 0.29) is 11.7 Å². The van der Waals surface area contributed by atoms with Crippen LogP contribution in [0.15, 0.2) is 54.6 Å². The van der Waals surface area contributed by atoms with Gasteiger partial charge in [-0.1, -0.05) is 43.3 Å². The van der Waals surface area contributed by atoms with Crippen LogP contribution in [0.25, 0.3) is 0 Å². The quantitative estimate of drug-likeness (QED) is 0.772. The van der Waals surface area contributed by atoms with Gasteiger partial charge in [-0.25, -0.2) is 0 Å². The largest absolute Gasteiger partial charge is 0.481 e. The number of para-hydroxylation sites is 2. The van der Waals surface area contributed by atoms with Crippen molar-refractivity contribution in [3.63, 3.8) is 0 Å². The Hall–Kier alpha value is -2.63. The summed E-state index contributed by atoms with van der Waals surface area (Å²) >= 11 is 0. The molecule has 0 radical (unpaired) electrons. The second-order valence-electron chi connectivity index (χ2n) is 5.46. The maximum atomic E-state index is 12.6. The van der Waals surface area contributed by atoms with Crippen molar-refractivity contribution >= 4 is 5.91 Å². The van der Waals surface area contributed by atoms with Crippen LogP contribution in [0.4, 0.5) is 8.78 Å². The number of hydrogen-bond acceptors (Lipinski definition) is 3. The molecule has 0 saturated heterocycles. The van der Waals surface area contributed by atoms with E-state index >= 15 is 0 Å². The average molecular weight is 349 g/mol. The first kappa shape index (κ1) is 18.7. The Morgan fingerprint density at radius 1 is 1.04 bits per heavy atom. The number of benzene rings is 2. The zero-order valence-corrected chi connectivity index (χ0v) is 14.1. The number of halogens is 2. The van der Waals surface area contributed by atoms with E-state index in [4.69, 9.17) is 4.74 Å². The van der Waals surface area contributed by atoms with Crippen LogP contribution < -0.4 is 14.8 Å². The van der Waals surface area contributed by atoms with E-state index < -0.39 is 18.8 Å². The van der Waals surface area contributed by atoms with Crippen molar-refractivity contribution in [1.29, 1.82) is 0 Å². The number of alkyl halides is 2. The molecule has 0 aromatic heterocycles. The number of hydrogen-bond donors (Lipinski definition) is 1. The maximum absolute atomic E-state index is 12.6. The topological polar surface area (TPSA) is 47.6 Å². The van der Waals surface area contributed by atoms with Crippen LogP contribution >= 0.6 is 0 Å². The van der Waals surface area contributed by atoms with Gasteiger partial charge in [0.2, 0.25) is 0 Å². The lowest BCUT2D eigenvalue weighted by Gasteiger charge is -2.22. The van der Waals surface area contributed by atoms with E-state index in [0.717, 1.165) is 0 Å². The summed E-state index contributed by atoms with van der Waals surface area (Å²) < 4.78 is 35.3. The number of carbonyl (C=O) groups excluding carboxylic acids is 1. The van der Waals surface area contributed by atoms with E-state index in [1.54, 1.807) is 37.3 Å². The second-order valence-corrected chi connectivity index (χ2v) is 5.46. The Labute approximate surface area is 145 Å².